The Bertz CT molecular complexity index is 788. The minimum atomic E-state index is -0.481. The number of benzene rings is 2. The quantitative estimate of drug-likeness (QED) is 0.216. The lowest BCUT2D eigenvalue weighted by Gasteiger charge is -2.18. The maximum atomic E-state index is 12.7. The molecular formula is C26H36N2O3. The van der Waals surface area contributed by atoms with Crippen molar-refractivity contribution >= 4 is 17.6 Å². The lowest BCUT2D eigenvalue weighted by molar-refractivity contribution is 0.0895. The van der Waals surface area contributed by atoms with Gasteiger partial charge in [0.2, 0.25) is 0 Å². The minimum Gasteiger partial charge on any atom is -0.508 e. The van der Waals surface area contributed by atoms with Crippen LogP contribution in [0.3, 0.4) is 0 Å². The molecule has 0 radical (unpaired) electrons. The van der Waals surface area contributed by atoms with E-state index in [1.54, 1.807) is 24.3 Å². The number of ether oxygens (including phenoxy) is 1. The number of nitrogens with zero attached hydrogens (tertiary/aromatic N) is 1. The molecule has 0 aliphatic carbocycles. The van der Waals surface area contributed by atoms with Crippen molar-refractivity contribution in [3.05, 3.63) is 60.2 Å². The van der Waals surface area contributed by atoms with Gasteiger partial charge in [0.25, 0.3) is 0 Å². The highest BCUT2D eigenvalue weighted by molar-refractivity contribution is 6.07. The Morgan fingerprint density at radius 3 is 2.26 bits per heavy atom. The molecule has 1 atom stereocenters. The number of phenols is 1. The van der Waals surface area contributed by atoms with Crippen LogP contribution in [0.5, 0.6) is 5.75 Å². The zero-order chi connectivity index (χ0) is 22.3. The van der Waals surface area contributed by atoms with Crippen molar-refractivity contribution in [3.63, 3.8) is 0 Å². The molecule has 5 nitrogen and oxygen atoms in total. The highest BCUT2D eigenvalue weighted by Gasteiger charge is 2.16. The predicted octanol–water partition coefficient (Wildman–Crippen LogP) is 7.12. The van der Waals surface area contributed by atoms with E-state index in [1.807, 2.05) is 30.3 Å². The van der Waals surface area contributed by atoms with Crippen LogP contribution in [-0.4, -0.2) is 23.1 Å². The number of rotatable bonds is 12. The van der Waals surface area contributed by atoms with E-state index in [0.717, 1.165) is 31.2 Å². The molecule has 2 aromatic carbocycles. The van der Waals surface area contributed by atoms with E-state index in [0.29, 0.717) is 11.5 Å². The van der Waals surface area contributed by atoms with Crippen LogP contribution in [0, 0.1) is 0 Å². The first-order valence-corrected chi connectivity index (χ1v) is 11.5. The number of phenolic OH excluding ortho intramolecular Hbond substituents is 1. The number of amides is 1. The van der Waals surface area contributed by atoms with E-state index < -0.39 is 6.09 Å². The summed E-state index contributed by atoms with van der Waals surface area (Å²) in [5.74, 6) is 0.593. The predicted molar refractivity (Wildman–Crippen MR) is 127 cm³/mol. The molecule has 5 heteroatoms. The number of carbonyl (C=O) groups excluding carboxylic acids is 1. The van der Waals surface area contributed by atoms with Gasteiger partial charge in [0.05, 0.1) is 5.69 Å². The molecule has 0 spiro atoms. The van der Waals surface area contributed by atoms with E-state index >= 15 is 0 Å². The van der Waals surface area contributed by atoms with Crippen molar-refractivity contribution < 1.29 is 14.6 Å². The molecule has 1 unspecified atom stereocenters. The van der Waals surface area contributed by atoms with Crippen LogP contribution in [0.2, 0.25) is 0 Å². The minimum absolute atomic E-state index is 0.0816. The molecule has 168 valence electrons. The van der Waals surface area contributed by atoms with Crippen LogP contribution in [0.4, 0.5) is 10.5 Å². The molecule has 2 rings (SSSR count). The highest BCUT2D eigenvalue weighted by atomic mass is 16.6. The summed E-state index contributed by atoms with van der Waals surface area (Å²) in [7, 11) is 0. The fourth-order valence-corrected chi connectivity index (χ4v) is 3.43. The number of unbranched alkanes of at least 4 members (excludes halogenated alkanes) is 5. The third kappa shape index (κ3) is 9.69. The SMILES string of the molecule is CCCCCCCCC(CCC)OC(=O)NC(=Nc1ccc(O)cc1)c1ccccc1. The van der Waals surface area contributed by atoms with Gasteiger partial charge in [-0.15, -0.1) is 0 Å². The lowest BCUT2D eigenvalue weighted by Crippen LogP contribution is -2.34. The number of nitrogens with one attached hydrogen (secondary N) is 1. The van der Waals surface area contributed by atoms with E-state index in [-0.39, 0.29) is 11.9 Å². The van der Waals surface area contributed by atoms with Gasteiger partial charge in [-0.2, -0.15) is 0 Å². The first-order valence-electron chi connectivity index (χ1n) is 11.5. The standard InChI is InChI=1S/C26H36N2O3/c1-3-5-6-7-8-12-16-24(13-4-2)31-26(30)28-25(21-14-10-9-11-15-21)27-22-17-19-23(29)20-18-22/h9-11,14-15,17-20,24,29H,3-8,12-13,16H2,1-2H3,(H,27,28,30). The van der Waals surface area contributed by atoms with Gasteiger partial charge in [-0.05, 0) is 43.5 Å². The van der Waals surface area contributed by atoms with Crippen LogP contribution in [0.1, 0.15) is 77.2 Å². The van der Waals surface area contributed by atoms with Crippen molar-refractivity contribution in [3.8, 4) is 5.75 Å². The van der Waals surface area contributed by atoms with Crippen LogP contribution in [0.25, 0.3) is 0 Å². The second-order valence-corrected chi connectivity index (χ2v) is 7.84. The van der Waals surface area contributed by atoms with Crippen molar-refractivity contribution in [2.45, 2.75) is 77.7 Å². The molecule has 1 amide bonds. The Kier molecular flexibility index (Phi) is 11.2. The molecule has 0 heterocycles. The largest absolute Gasteiger partial charge is 0.508 e. The molecule has 2 aromatic rings. The van der Waals surface area contributed by atoms with E-state index in [1.165, 1.54) is 32.1 Å². The van der Waals surface area contributed by atoms with Crippen LogP contribution >= 0.6 is 0 Å². The number of carbonyl (C=O) groups is 1. The molecule has 0 saturated carbocycles. The number of aromatic hydroxyl groups is 1. The Hall–Kier alpha value is -2.82. The molecule has 31 heavy (non-hydrogen) atoms. The van der Waals surface area contributed by atoms with Crippen LogP contribution in [0.15, 0.2) is 59.6 Å². The van der Waals surface area contributed by atoms with E-state index in [2.05, 4.69) is 24.2 Å². The second kappa shape index (κ2) is 14.2. The van der Waals surface area contributed by atoms with E-state index in [4.69, 9.17) is 4.74 Å². The number of hydrogen-bond donors (Lipinski definition) is 2. The fourth-order valence-electron chi connectivity index (χ4n) is 3.43. The summed E-state index contributed by atoms with van der Waals surface area (Å²) in [5, 5.41) is 12.3. The first kappa shape index (κ1) is 24.4. The van der Waals surface area contributed by atoms with Gasteiger partial charge < -0.3 is 9.84 Å². The molecule has 0 aliphatic heterocycles. The summed E-state index contributed by atoms with van der Waals surface area (Å²) in [6, 6.07) is 16.0. The van der Waals surface area contributed by atoms with Crippen molar-refractivity contribution in [2.24, 2.45) is 4.99 Å². The Morgan fingerprint density at radius 1 is 0.903 bits per heavy atom. The van der Waals surface area contributed by atoms with Gasteiger partial charge in [0.1, 0.15) is 17.7 Å². The third-order valence-corrected chi connectivity index (χ3v) is 5.12. The molecule has 0 aliphatic rings. The van der Waals surface area contributed by atoms with Gasteiger partial charge in [-0.25, -0.2) is 9.79 Å². The average Bonchev–Trinajstić information content (AvgIpc) is 2.78. The highest BCUT2D eigenvalue weighted by Crippen LogP contribution is 2.18. The lowest BCUT2D eigenvalue weighted by atomic mass is 10.0. The van der Waals surface area contributed by atoms with Gasteiger partial charge in [0.15, 0.2) is 0 Å². The monoisotopic (exact) mass is 424 g/mol. The van der Waals surface area contributed by atoms with Crippen molar-refractivity contribution in [1.82, 2.24) is 5.32 Å². The zero-order valence-electron chi connectivity index (χ0n) is 18.8. The fraction of sp³-hybridized carbons (Fsp3) is 0.462. The zero-order valence-corrected chi connectivity index (χ0v) is 18.8. The molecule has 0 bridgehead atoms. The first-order chi connectivity index (χ1) is 15.1. The summed E-state index contributed by atoms with van der Waals surface area (Å²) in [4.78, 5) is 17.2. The maximum absolute atomic E-state index is 12.7. The Labute approximate surface area is 186 Å². The smallest absolute Gasteiger partial charge is 0.413 e. The number of amidine groups is 1. The van der Waals surface area contributed by atoms with Gasteiger partial charge in [-0.1, -0.05) is 82.7 Å². The second-order valence-electron chi connectivity index (χ2n) is 7.84. The summed E-state index contributed by atoms with van der Waals surface area (Å²) >= 11 is 0. The molecule has 2 N–H and O–H groups in total. The molecular weight excluding hydrogens is 388 g/mol. The summed E-state index contributed by atoms with van der Waals surface area (Å²) in [5.41, 5.74) is 1.42. The topological polar surface area (TPSA) is 70.9 Å². The Morgan fingerprint density at radius 2 is 1.58 bits per heavy atom. The van der Waals surface area contributed by atoms with Crippen LogP contribution < -0.4 is 5.32 Å². The molecule has 0 fully saturated rings. The van der Waals surface area contributed by atoms with Gasteiger partial charge >= 0.3 is 6.09 Å². The molecule has 0 aromatic heterocycles. The van der Waals surface area contributed by atoms with Crippen molar-refractivity contribution in [2.75, 3.05) is 0 Å². The number of aliphatic imine (C=N–C) groups is 1. The Balaban J connectivity index is 2.00. The summed E-state index contributed by atoms with van der Waals surface area (Å²) in [6.07, 6.45) is 9.49. The van der Waals surface area contributed by atoms with Gasteiger partial charge in [-0.3, -0.25) is 5.32 Å². The average molecular weight is 425 g/mol. The maximum Gasteiger partial charge on any atom is 0.413 e. The normalized spacial score (nSPS) is 12.4. The number of hydrogen-bond acceptors (Lipinski definition) is 4. The van der Waals surface area contributed by atoms with E-state index in [9.17, 15) is 9.90 Å². The number of alkyl carbamates (subject to hydrolysis) is 1. The summed E-state index contributed by atoms with van der Waals surface area (Å²) < 4.78 is 5.76. The summed E-state index contributed by atoms with van der Waals surface area (Å²) in [6.45, 7) is 4.33. The molecule has 0 saturated heterocycles. The van der Waals surface area contributed by atoms with Gasteiger partial charge in [0, 0.05) is 5.56 Å². The third-order valence-electron chi connectivity index (χ3n) is 5.12. The van der Waals surface area contributed by atoms with Crippen molar-refractivity contribution in [1.29, 1.82) is 0 Å². The van der Waals surface area contributed by atoms with Crippen LogP contribution in [-0.2, 0) is 4.74 Å².